The molecule has 130 valence electrons. The number of furan rings is 1. The Labute approximate surface area is 150 Å². The number of ether oxygens (including phenoxy) is 1. The van der Waals surface area contributed by atoms with Gasteiger partial charge in [0.2, 0.25) is 0 Å². The molecule has 2 heterocycles. The number of methoxy groups -OCH3 is 1. The summed E-state index contributed by atoms with van der Waals surface area (Å²) in [5, 5.41) is 8.92. The first kappa shape index (κ1) is 17.3. The number of benzene rings is 1. The molecule has 25 heavy (non-hydrogen) atoms. The van der Waals surface area contributed by atoms with E-state index in [4.69, 9.17) is 9.15 Å². The second kappa shape index (κ2) is 7.57. The van der Waals surface area contributed by atoms with Crippen LogP contribution in [0.4, 0.5) is 0 Å². The van der Waals surface area contributed by atoms with Gasteiger partial charge < -0.3 is 9.15 Å². The Morgan fingerprint density at radius 3 is 2.68 bits per heavy atom. The molecule has 0 saturated heterocycles. The van der Waals surface area contributed by atoms with E-state index in [-0.39, 0.29) is 11.2 Å². The van der Waals surface area contributed by atoms with E-state index in [1.807, 2.05) is 47.9 Å². The first-order chi connectivity index (χ1) is 12.1. The van der Waals surface area contributed by atoms with Crippen LogP contribution in [0.1, 0.15) is 18.2 Å². The van der Waals surface area contributed by atoms with Gasteiger partial charge in [-0.3, -0.25) is 9.36 Å². The Morgan fingerprint density at radius 2 is 2.04 bits per heavy atom. The molecule has 0 bridgehead atoms. The van der Waals surface area contributed by atoms with Crippen LogP contribution in [0.2, 0.25) is 0 Å². The van der Waals surface area contributed by atoms with E-state index in [2.05, 4.69) is 10.2 Å². The largest absolute Gasteiger partial charge is 0.469 e. The molecule has 7 heteroatoms. The Balaban J connectivity index is 1.99. The van der Waals surface area contributed by atoms with Crippen LogP contribution in [0.15, 0.2) is 52.2 Å². The van der Waals surface area contributed by atoms with Gasteiger partial charge in [-0.25, -0.2) is 0 Å². The van der Waals surface area contributed by atoms with Crippen LogP contribution in [0.3, 0.4) is 0 Å². The lowest BCUT2D eigenvalue weighted by atomic mass is 10.2. The van der Waals surface area contributed by atoms with Gasteiger partial charge in [0.05, 0.1) is 25.5 Å². The summed E-state index contributed by atoms with van der Waals surface area (Å²) in [6, 6.07) is 11.9. The molecular formula is C18H19N3O3S. The average Bonchev–Trinajstić information content (AvgIpc) is 3.21. The number of carbonyl (C=O) groups excluding carboxylic acids is 1. The third-order valence-corrected chi connectivity index (χ3v) is 4.87. The average molecular weight is 357 g/mol. The van der Waals surface area contributed by atoms with Gasteiger partial charge in [0.1, 0.15) is 11.0 Å². The van der Waals surface area contributed by atoms with E-state index in [9.17, 15) is 4.79 Å². The molecule has 0 aliphatic rings. The standard InChI is InChI=1S/C18H19N3O3S/c1-12-15(9-10-24-12)16-19-20-18(25-13(2)17(22)23-3)21(16)11-14-7-5-4-6-8-14/h4-10,13H,11H2,1-3H3. The fraction of sp³-hybridized carbons (Fsp3) is 0.278. The van der Waals surface area contributed by atoms with Crippen LogP contribution < -0.4 is 0 Å². The third kappa shape index (κ3) is 3.76. The number of esters is 1. The van der Waals surface area contributed by atoms with Crippen molar-refractivity contribution in [2.75, 3.05) is 7.11 Å². The number of thioether (sulfide) groups is 1. The van der Waals surface area contributed by atoms with E-state index in [1.165, 1.54) is 18.9 Å². The maximum Gasteiger partial charge on any atom is 0.318 e. The minimum Gasteiger partial charge on any atom is -0.469 e. The van der Waals surface area contributed by atoms with Gasteiger partial charge in [-0.05, 0) is 25.5 Å². The number of aromatic nitrogens is 3. The van der Waals surface area contributed by atoms with Gasteiger partial charge in [0, 0.05) is 0 Å². The predicted octanol–water partition coefficient (Wildman–Crippen LogP) is 3.55. The molecule has 0 saturated carbocycles. The predicted molar refractivity (Wildman–Crippen MR) is 95.3 cm³/mol. The lowest BCUT2D eigenvalue weighted by Crippen LogP contribution is -2.16. The summed E-state index contributed by atoms with van der Waals surface area (Å²) in [7, 11) is 1.38. The summed E-state index contributed by atoms with van der Waals surface area (Å²) in [4.78, 5) is 11.8. The molecule has 1 aromatic carbocycles. The lowest BCUT2D eigenvalue weighted by Gasteiger charge is -2.12. The van der Waals surface area contributed by atoms with Crippen molar-refractivity contribution in [3.63, 3.8) is 0 Å². The quantitative estimate of drug-likeness (QED) is 0.496. The Hall–Kier alpha value is -2.54. The van der Waals surface area contributed by atoms with Crippen molar-refractivity contribution in [3.05, 3.63) is 54.0 Å². The van der Waals surface area contributed by atoms with E-state index in [0.717, 1.165) is 22.7 Å². The Morgan fingerprint density at radius 1 is 1.28 bits per heavy atom. The minimum atomic E-state index is -0.373. The van der Waals surface area contributed by atoms with E-state index >= 15 is 0 Å². The van der Waals surface area contributed by atoms with Gasteiger partial charge >= 0.3 is 5.97 Å². The van der Waals surface area contributed by atoms with Crippen molar-refractivity contribution < 1.29 is 13.9 Å². The smallest absolute Gasteiger partial charge is 0.318 e. The molecule has 6 nitrogen and oxygen atoms in total. The van der Waals surface area contributed by atoms with Gasteiger partial charge in [-0.2, -0.15) is 0 Å². The number of carbonyl (C=O) groups is 1. The summed E-state index contributed by atoms with van der Waals surface area (Å²) in [5.41, 5.74) is 2.01. The molecule has 0 aliphatic heterocycles. The zero-order chi connectivity index (χ0) is 17.8. The summed E-state index contributed by atoms with van der Waals surface area (Å²) < 4.78 is 12.2. The van der Waals surface area contributed by atoms with Crippen molar-refractivity contribution >= 4 is 17.7 Å². The van der Waals surface area contributed by atoms with E-state index < -0.39 is 0 Å². The van der Waals surface area contributed by atoms with Crippen molar-refractivity contribution in [1.82, 2.24) is 14.8 Å². The van der Waals surface area contributed by atoms with E-state index in [0.29, 0.717) is 11.7 Å². The molecule has 0 spiro atoms. The highest BCUT2D eigenvalue weighted by Crippen LogP contribution is 2.30. The lowest BCUT2D eigenvalue weighted by molar-refractivity contribution is -0.139. The van der Waals surface area contributed by atoms with E-state index in [1.54, 1.807) is 13.2 Å². The number of hydrogen-bond donors (Lipinski definition) is 0. The molecule has 1 atom stereocenters. The van der Waals surface area contributed by atoms with Gasteiger partial charge in [-0.15, -0.1) is 10.2 Å². The van der Waals surface area contributed by atoms with Gasteiger partial charge in [0.25, 0.3) is 0 Å². The van der Waals surface area contributed by atoms with Crippen molar-refractivity contribution in [2.45, 2.75) is 30.8 Å². The molecule has 0 radical (unpaired) electrons. The molecule has 0 fully saturated rings. The number of hydrogen-bond acceptors (Lipinski definition) is 6. The second-order valence-corrected chi connectivity index (χ2v) is 6.86. The normalized spacial score (nSPS) is 12.1. The molecular weight excluding hydrogens is 338 g/mol. The van der Waals surface area contributed by atoms with Crippen LogP contribution in [-0.4, -0.2) is 33.1 Å². The molecule has 3 rings (SSSR count). The number of aryl methyl sites for hydroxylation is 1. The number of nitrogens with zero attached hydrogens (tertiary/aromatic N) is 3. The van der Waals surface area contributed by atoms with Crippen molar-refractivity contribution in [2.24, 2.45) is 0 Å². The molecule has 1 unspecified atom stereocenters. The Kier molecular flexibility index (Phi) is 5.23. The molecule has 3 aromatic rings. The van der Waals surface area contributed by atoms with Crippen LogP contribution in [0.25, 0.3) is 11.4 Å². The fourth-order valence-electron chi connectivity index (χ4n) is 2.47. The summed E-state index contributed by atoms with van der Waals surface area (Å²) in [6.45, 7) is 4.28. The van der Waals surface area contributed by atoms with Crippen molar-refractivity contribution in [3.8, 4) is 11.4 Å². The second-order valence-electron chi connectivity index (χ2n) is 5.55. The van der Waals surface area contributed by atoms with Crippen LogP contribution in [0, 0.1) is 6.92 Å². The highest BCUT2D eigenvalue weighted by molar-refractivity contribution is 8.00. The van der Waals surface area contributed by atoms with Crippen LogP contribution in [-0.2, 0) is 16.1 Å². The fourth-order valence-corrected chi connectivity index (χ4v) is 3.35. The molecule has 0 amide bonds. The SMILES string of the molecule is COC(=O)C(C)Sc1nnc(-c2ccoc2C)n1Cc1ccccc1. The monoisotopic (exact) mass is 357 g/mol. The van der Waals surface area contributed by atoms with Gasteiger partial charge in [-0.1, -0.05) is 42.1 Å². The molecule has 0 N–H and O–H groups in total. The highest BCUT2D eigenvalue weighted by atomic mass is 32.2. The maximum absolute atomic E-state index is 11.8. The highest BCUT2D eigenvalue weighted by Gasteiger charge is 2.22. The van der Waals surface area contributed by atoms with Gasteiger partial charge in [0.15, 0.2) is 11.0 Å². The molecule has 2 aromatic heterocycles. The Bertz CT molecular complexity index is 858. The maximum atomic E-state index is 11.8. The first-order valence-electron chi connectivity index (χ1n) is 7.86. The summed E-state index contributed by atoms with van der Waals surface area (Å²) in [5.74, 6) is 1.20. The number of rotatable bonds is 6. The first-order valence-corrected chi connectivity index (χ1v) is 8.74. The minimum absolute atomic E-state index is 0.291. The summed E-state index contributed by atoms with van der Waals surface area (Å²) in [6.07, 6.45) is 1.64. The topological polar surface area (TPSA) is 70.2 Å². The van der Waals surface area contributed by atoms with Crippen molar-refractivity contribution in [1.29, 1.82) is 0 Å². The van der Waals surface area contributed by atoms with Crippen LogP contribution >= 0.6 is 11.8 Å². The van der Waals surface area contributed by atoms with Crippen LogP contribution in [0.5, 0.6) is 0 Å². The zero-order valence-corrected chi connectivity index (χ0v) is 15.1. The molecule has 0 aliphatic carbocycles. The summed E-state index contributed by atoms with van der Waals surface area (Å²) >= 11 is 1.33. The third-order valence-electron chi connectivity index (χ3n) is 3.82. The zero-order valence-electron chi connectivity index (χ0n) is 14.3.